The van der Waals surface area contributed by atoms with E-state index in [1.54, 1.807) is 24.5 Å². The van der Waals surface area contributed by atoms with E-state index in [-0.39, 0.29) is 5.92 Å². The van der Waals surface area contributed by atoms with Crippen molar-refractivity contribution < 1.29 is 8.78 Å². The summed E-state index contributed by atoms with van der Waals surface area (Å²) in [5.74, 6) is -0.0400. The molecule has 0 bridgehead atoms. The number of aromatic amines is 1. The largest absolute Gasteiger partial charge is 0.341 e. The molecule has 7 nitrogen and oxygen atoms in total. The van der Waals surface area contributed by atoms with Crippen LogP contribution in [0.15, 0.2) is 36.7 Å². The summed E-state index contributed by atoms with van der Waals surface area (Å²) < 4.78 is 29.6. The highest BCUT2D eigenvalue weighted by atomic mass is 19.2. The number of fused-ring (bicyclic) bond motifs is 1. The summed E-state index contributed by atoms with van der Waals surface area (Å²) in [6.45, 7) is 1.40. The number of hydrogen-bond acceptors (Lipinski definition) is 5. The van der Waals surface area contributed by atoms with Crippen molar-refractivity contribution in [2.75, 3.05) is 18.0 Å². The molecule has 0 radical (unpaired) electrons. The number of aromatic nitrogens is 6. The van der Waals surface area contributed by atoms with Crippen LogP contribution in [0.4, 0.5) is 14.7 Å². The van der Waals surface area contributed by atoms with Crippen LogP contribution < -0.4 is 4.90 Å². The Labute approximate surface area is 165 Å². The molecule has 1 aromatic carbocycles. The number of anilines is 1. The fourth-order valence-electron chi connectivity index (χ4n) is 4.03. The summed E-state index contributed by atoms with van der Waals surface area (Å²) in [5, 5.41) is 16.4. The number of rotatable bonds is 3. The zero-order valence-corrected chi connectivity index (χ0v) is 15.8. The van der Waals surface area contributed by atoms with Gasteiger partial charge in [-0.1, -0.05) is 12.1 Å². The highest BCUT2D eigenvalue weighted by molar-refractivity contribution is 5.78. The van der Waals surface area contributed by atoms with Crippen LogP contribution >= 0.6 is 0 Å². The van der Waals surface area contributed by atoms with Crippen LogP contribution in [0, 0.1) is 11.6 Å². The highest BCUT2D eigenvalue weighted by Crippen LogP contribution is 2.33. The molecule has 1 saturated heterocycles. The van der Waals surface area contributed by atoms with Crippen LogP contribution in [0.5, 0.6) is 0 Å². The van der Waals surface area contributed by atoms with E-state index in [1.165, 1.54) is 0 Å². The lowest BCUT2D eigenvalue weighted by Crippen LogP contribution is -2.35. The van der Waals surface area contributed by atoms with E-state index in [0.29, 0.717) is 24.5 Å². The Morgan fingerprint density at radius 1 is 1.10 bits per heavy atom. The van der Waals surface area contributed by atoms with Gasteiger partial charge in [0.2, 0.25) is 5.95 Å². The van der Waals surface area contributed by atoms with E-state index in [2.05, 4.69) is 30.3 Å². The molecule has 5 rings (SSSR count). The summed E-state index contributed by atoms with van der Waals surface area (Å²) in [6, 6.07) is 6.38. The van der Waals surface area contributed by atoms with Crippen LogP contribution in [-0.2, 0) is 7.05 Å². The van der Waals surface area contributed by atoms with Gasteiger partial charge in [-0.05, 0) is 36.5 Å². The second-order valence-electron chi connectivity index (χ2n) is 7.32. The third-order valence-corrected chi connectivity index (χ3v) is 5.60. The van der Waals surface area contributed by atoms with Crippen molar-refractivity contribution in [2.24, 2.45) is 7.05 Å². The zero-order valence-electron chi connectivity index (χ0n) is 15.8. The maximum atomic E-state index is 14.1. The minimum Gasteiger partial charge on any atom is -0.341 e. The Bertz CT molecular complexity index is 1170. The Kier molecular flexibility index (Phi) is 4.22. The van der Waals surface area contributed by atoms with Crippen LogP contribution in [0.1, 0.15) is 24.3 Å². The van der Waals surface area contributed by atoms with Crippen LogP contribution in [-0.4, -0.2) is 43.0 Å². The lowest BCUT2D eigenvalue weighted by Gasteiger charge is -2.32. The molecule has 0 saturated carbocycles. The van der Waals surface area contributed by atoms with Gasteiger partial charge >= 0.3 is 0 Å². The predicted molar refractivity (Wildman–Crippen MR) is 104 cm³/mol. The van der Waals surface area contributed by atoms with Gasteiger partial charge in [0.1, 0.15) is 0 Å². The Morgan fingerprint density at radius 3 is 2.76 bits per heavy atom. The summed E-state index contributed by atoms with van der Waals surface area (Å²) in [5.41, 5.74) is 2.04. The lowest BCUT2D eigenvalue weighted by atomic mass is 9.89. The van der Waals surface area contributed by atoms with Crippen molar-refractivity contribution in [3.05, 3.63) is 53.9 Å². The fraction of sp³-hybridized carbons (Fsp3) is 0.300. The van der Waals surface area contributed by atoms with Crippen molar-refractivity contribution in [1.82, 2.24) is 29.9 Å². The molecule has 1 N–H and O–H groups in total. The normalized spacial score (nSPS) is 15.3. The van der Waals surface area contributed by atoms with Crippen molar-refractivity contribution in [1.29, 1.82) is 0 Å². The third kappa shape index (κ3) is 3.02. The number of halogens is 2. The average Bonchev–Trinajstić information content (AvgIpc) is 3.36. The van der Waals surface area contributed by atoms with Gasteiger partial charge in [-0.3, -0.25) is 9.67 Å². The average molecular weight is 395 g/mol. The van der Waals surface area contributed by atoms with E-state index in [4.69, 9.17) is 0 Å². The smallest absolute Gasteiger partial charge is 0.227 e. The Morgan fingerprint density at radius 2 is 1.93 bits per heavy atom. The first kappa shape index (κ1) is 17.7. The van der Waals surface area contributed by atoms with Gasteiger partial charge in [-0.15, -0.1) is 10.2 Å². The van der Waals surface area contributed by atoms with E-state index >= 15 is 0 Å². The van der Waals surface area contributed by atoms with E-state index in [9.17, 15) is 8.78 Å². The van der Waals surface area contributed by atoms with Crippen LogP contribution in [0.25, 0.3) is 22.4 Å². The van der Waals surface area contributed by atoms with Gasteiger partial charge in [0.15, 0.2) is 23.1 Å². The first-order chi connectivity index (χ1) is 14.1. The number of piperidine rings is 1. The predicted octanol–water partition coefficient (Wildman–Crippen LogP) is 3.42. The molecule has 1 aliphatic rings. The molecule has 0 aliphatic carbocycles. The minimum absolute atomic E-state index is 0.00217. The molecule has 1 aliphatic heterocycles. The summed E-state index contributed by atoms with van der Waals surface area (Å²) in [7, 11) is 1.92. The Hall–Kier alpha value is -3.36. The summed E-state index contributed by atoms with van der Waals surface area (Å²) in [4.78, 5) is 6.49. The highest BCUT2D eigenvalue weighted by Gasteiger charge is 2.27. The lowest BCUT2D eigenvalue weighted by molar-refractivity contribution is 0.449. The van der Waals surface area contributed by atoms with Gasteiger partial charge in [-0.2, -0.15) is 5.10 Å². The number of nitrogens with one attached hydrogen (secondary N) is 1. The topological polar surface area (TPSA) is 75.5 Å². The molecular formula is C20H19F2N7. The molecule has 29 heavy (non-hydrogen) atoms. The van der Waals surface area contributed by atoms with Crippen molar-refractivity contribution in [2.45, 2.75) is 18.8 Å². The van der Waals surface area contributed by atoms with Crippen molar-refractivity contribution in [3.63, 3.8) is 0 Å². The second-order valence-corrected chi connectivity index (χ2v) is 7.32. The molecule has 148 valence electrons. The van der Waals surface area contributed by atoms with Gasteiger partial charge < -0.3 is 4.90 Å². The summed E-state index contributed by atoms with van der Waals surface area (Å²) >= 11 is 0. The minimum atomic E-state index is -0.786. The molecule has 0 spiro atoms. The van der Waals surface area contributed by atoms with Gasteiger partial charge in [0.25, 0.3) is 0 Å². The number of H-pyrrole nitrogens is 1. The standard InChI is InChI=1S/C20H19F2N7/c1-28-19(14-9-13-11-24-25-18(13)23-10-14)26-27-20(28)29-7-5-12(6-8-29)15-3-2-4-16(21)17(15)22/h2-4,9-12H,5-8H2,1H3,(H,23,24,25). The molecule has 4 heterocycles. The zero-order chi connectivity index (χ0) is 20.0. The van der Waals surface area contributed by atoms with Gasteiger partial charge in [-0.25, -0.2) is 13.8 Å². The van der Waals surface area contributed by atoms with Crippen molar-refractivity contribution >= 4 is 17.0 Å². The van der Waals surface area contributed by atoms with E-state index in [0.717, 1.165) is 41.5 Å². The maximum absolute atomic E-state index is 14.1. The molecule has 9 heteroatoms. The first-order valence-electron chi connectivity index (χ1n) is 9.49. The number of benzene rings is 1. The van der Waals surface area contributed by atoms with Crippen LogP contribution in [0.2, 0.25) is 0 Å². The molecule has 0 atom stereocenters. The van der Waals surface area contributed by atoms with E-state index < -0.39 is 11.6 Å². The number of hydrogen-bond donors (Lipinski definition) is 1. The quantitative estimate of drug-likeness (QED) is 0.575. The maximum Gasteiger partial charge on any atom is 0.227 e. The van der Waals surface area contributed by atoms with Gasteiger partial charge in [0.05, 0.1) is 6.20 Å². The van der Waals surface area contributed by atoms with Gasteiger partial charge in [0, 0.05) is 37.3 Å². The Balaban J connectivity index is 1.36. The number of nitrogens with zero attached hydrogens (tertiary/aromatic N) is 6. The SMILES string of the molecule is Cn1c(-c2cnc3[nH]ncc3c2)nnc1N1CCC(c2cccc(F)c2F)CC1. The molecule has 4 aromatic rings. The number of pyridine rings is 1. The van der Waals surface area contributed by atoms with Crippen molar-refractivity contribution in [3.8, 4) is 11.4 Å². The summed E-state index contributed by atoms with van der Waals surface area (Å²) in [6.07, 6.45) is 4.92. The van der Waals surface area contributed by atoms with Crippen LogP contribution in [0.3, 0.4) is 0 Å². The second kappa shape index (κ2) is 6.91. The molecule has 0 unspecified atom stereocenters. The monoisotopic (exact) mass is 395 g/mol. The molecule has 0 amide bonds. The first-order valence-corrected chi connectivity index (χ1v) is 9.49. The fourth-order valence-corrected chi connectivity index (χ4v) is 4.03. The van der Waals surface area contributed by atoms with E-state index in [1.807, 2.05) is 17.7 Å². The third-order valence-electron chi connectivity index (χ3n) is 5.60. The molecular weight excluding hydrogens is 376 g/mol. The molecule has 1 fully saturated rings. The molecule has 3 aromatic heterocycles.